The smallest absolute Gasteiger partial charge is 0.340 e. The van der Waals surface area contributed by atoms with E-state index in [4.69, 9.17) is 74.3 Å². The largest absolute Gasteiger partial charge is 0.421 e. The van der Waals surface area contributed by atoms with Gasteiger partial charge in [-0.1, -0.05) is 85.5 Å². The molecule has 1 aromatic rings. The molecule has 94 valence electrons. The van der Waals surface area contributed by atoms with Gasteiger partial charge < -0.3 is 4.74 Å². The molecule has 1 rings (SSSR count). The lowest BCUT2D eigenvalue weighted by Gasteiger charge is -2.12. The molecule has 17 heavy (non-hydrogen) atoms. The number of alkyl halides is 2. The summed E-state index contributed by atoms with van der Waals surface area (Å²) in [5.74, 6) is -1.01. The minimum Gasteiger partial charge on any atom is -0.421 e. The van der Waals surface area contributed by atoms with Gasteiger partial charge in [0.25, 0.3) is 0 Å². The monoisotopic (exact) mass is 418 g/mol. The normalized spacial score (nSPS) is 12.4. The molecule has 9 heteroatoms. The Morgan fingerprint density at radius 2 is 1.29 bits per heavy atom. The van der Waals surface area contributed by atoms with E-state index in [1.807, 2.05) is 0 Å². The van der Waals surface area contributed by atoms with Crippen molar-refractivity contribution in [3.63, 3.8) is 0 Å². The van der Waals surface area contributed by atoms with E-state index in [-0.39, 0.29) is 30.9 Å². The van der Waals surface area contributed by atoms with Crippen LogP contribution in [0.15, 0.2) is 0 Å². The predicted molar refractivity (Wildman–Crippen MR) is 75.7 cm³/mol. The lowest BCUT2D eigenvalue weighted by atomic mass is 10.3. The third-order valence-corrected chi connectivity index (χ3v) is 4.34. The Morgan fingerprint density at radius 3 is 1.65 bits per heavy atom. The molecule has 2 nitrogen and oxygen atoms in total. The summed E-state index contributed by atoms with van der Waals surface area (Å²) in [7, 11) is 0. The van der Waals surface area contributed by atoms with Crippen molar-refractivity contribution in [2.24, 2.45) is 0 Å². The minimum atomic E-state index is -1.05. The molecule has 1 aromatic carbocycles. The summed E-state index contributed by atoms with van der Waals surface area (Å²) in [6.07, 6.45) is 0. The fourth-order valence-electron chi connectivity index (χ4n) is 0.820. The van der Waals surface area contributed by atoms with Crippen LogP contribution in [0.5, 0.6) is 5.75 Å². The van der Waals surface area contributed by atoms with E-state index in [0.29, 0.717) is 0 Å². The van der Waals surface area contributed by atoms with E-state index in [2.05, 4.69) is 15.9 Å². The number of hydrogen-bond donors (Lipinski definition) is 0. The third kappa shape index (κ3) is 3.47. The highest BCUT2D eigenvalue weighted by molar-refractivity contribution is 9.10. The topological polar surface area (TPSA) is 26.3 Å². The van der Waals surface area contributed by atoms with Crippen LogP contribution in [0, 0.1) is 0 Å². The Hall–Kier alpha value is 0.910. The fraction of sp³-hybridized carbons (Fsp3) is 0.125. The maximum Gasteiger partial charge on any atom is 0.340 e. The fourth-order valence-corrected chi connectivity index (χ4v) is 2.16. The van der Waals surface area contributed by atoms with Gasteiger partial charge in [-0.05, 0) is 0 Å². The molecule has 1 atom stereocenters. The van der Waals surface area contributed by atoms with Crippen LogP contribution in [0.1, 0.15) is 0 Å². The van der Waals surface area contributed by atoms with Gasteiger partial charge in [0.15, 0.2) is 10.0 Å². The molecule has 0 unspecified atom stereocenters. The summed E-state index contributed by atoms with van der Waals surface area (Å²) in [6, 6.07) is 0. The molecule has 0 bridgehead atoms. The van der Waals surface area contributed by atoms with Gasteiger partial charge in [0, 0.05) is 0 Å². The van der Waals surface area contributed by atoms with Crippen LogP contribution >= 0.6 is 85.5 Å². The standard InChI is InChI=1S/C8HBrCl6O2/c9-7(15)8(16)17-6-4(13)2(11)1(10)3(12)5(6)14/h7H/t7-/m1/s1. The highest BCUT2D eigenvalue weighted by atomic mass is 79.9. The molecule has 0 N–H and O–H groups in total. The van der Waals surface area contributed by atoms with E-state index in [0.717, 1.165) is 0 Å². The number of ether oxygens (including phenoxy) is 1. The Labute approximate surface area is 135 Å². The predicted octanol–water partition coefficient (Wildman–Crippen LogP) is 5.82. The first kappa shape index (κ1) is 16.0. The molecule has 0 spiro atoms. The first-order chi connectivity index (χ1) is 7.77. The zero-order valence-corrected chi connectivity index (χ0v) is 13.7. The molecular weight excluding hydrogens is 421 g/mol. The van der Waals surface area contributed by atoms with Gasteiger partial charge >= 0.3 is 5.97 Å². The molecule has 0 aliphatic heterocycles. The quantitative estimate of drug-likeness (QED) is 0.198. The van der Waals surface area contributed by atoms with E-state index in [1.54, 1.807) is 0 Å². The molecule has 0 aromatic heterocycles. The second-order valence-corrected chi connectivity index (χ2v) is 6.39. The number of benzene rings is 1. The average molecular weight is 422 g/mol. The molecule has 0 fully saturated rings. The first-order valence-electron chi connectivity index (χ1n) is 3.78. The molecule has 0 aliphatic rings. The van der Waals surface area contributed by atoms with E-state index >= 15 is 0 Å². The van der Waals surface area contributed by atoms with Crippen LogP contribution in [-0.4, -0.2) is 10.3 Å². The van der Waals surface area contributed by atoms with Crippen molar-refractivity contribution in [1.82, 2.24) is 0 Å². The van der Waals surface area contributed by atoms with Gasteiger partial charge in [0.1, 0.15) is 10.0 Å². The summed E-state index contributed by atoms with van der Waals surface area (Å²) in [5.41, 5.74) is 0. The highest BCUT2D eigenvalue weighted by Crippen LogP contribution is 2.48. The van der Waals surface area contributed by atoms with Gasteiger partial charge in [-0.25, -0.2) is 4.79 Å². The SMILES string of the molecule is O=C(Oc1c(Cl)c(Cl)c(Cl)c(Cl)c1Cl)[C@@H](Cl)Br. The summed E-state index contributed by atoms with van der Waals surface area (Å²) in [4.78, 5) is 11.3. The van der Waals surface area contributed by atoms with Crippen LogP contribution in [-0.2, 0) is 4.79 Å². The average Bonchev–Trinajstić information content (AvgIpc) is 2.29. The zero-order chi connectivity index (χ0) is 13.3. The number of rotatable bonds is 2. The highest BCUT2D eigenvalue weighted by Gasteiger charge is 2.24. The molecular formula is C8HBrCl6O2. The summed E-state index contributed by atoms with van der Waals surface area (Å²) >= 11 is 37.2. The van der Waals surface area contributed by atoms with Crippen molar-refractivity contribution < 1.29 is 9.53 Å². The van der Waals surface area contributed by atoms with Crippen molar-refractivity contribution in [2.45, 2.75) is 4.29 Å². The van der Waals surface area contributed by atoms with Crippen LogP contribution in [0.2, 0.25) is 25.1 Å². The molecule has 0 heterocycles. The van der Waals surface area contributed by atoms with Crippen molar-refractivity contribution >= 4 is 91.5 Å². The second-order valence-electron chi connectivity index (χ2n) is 2.62. The number of hydrogen-bond acceptors (Lipinski definition) is 2. The van der Waals surface area contributed by atoms with Gasteiger partial charge in [-0.15, -0.1) is 0 Å². The van der Waals surface area contributed by atoms with Crippen LogP contribution in [0.4, 0.5) is 0 Å². The lowest BCUT2D eigenvalue weighted by Crippen LogP contribution is -2.15. The van der Waals surface area contributed by atoms with Crippen LogP contribution in [0.25, 0.3) is 0 Å². The Bertz CT molecular complexity index is 447. The Morgan fingerprint density at radius 1 is 0.941 bits per heavy atom. The Balaban J connectivity index is 3.30. The summed E-state index contributed by atoms with van der Waals surface area (Å²) < 4.78 is 3.79. The second kappa shape index (κ2) is 6.38. The van der Waals surface area contributed by atoms with Crippen molar-refractivity contribution in [3.05, 3.63) is 25.1 Å². The van der Waals surface area contributed by atoms with E-state index in [9.17, 15) is 4.79 Å². The maximum absolute atomic E-state index is 11.3. The van der Waals surface area contributed by atoms with Gasteiger partial charge in [0.2, 0.25) is 0 Å². The zero-order valence-electron chi connectivity index (χ0n) is 7.54. The van der Waals surface area contributed by atoms with Crippen LogP contribution in [0.3, 0.4) is 0 Å². The number of esters is 1. The first-order valence-corrected chi connectivity index (χ1v) is 7.02. The van der Waals surface area contributed by atoms with Gasteiger partial charge in [0.05, 0.1) is 15.1 Å². The molecule has 0 saturated carbocycles. The molecule has 0 saturated heterocycles. The van der Waals surface area contributed by atoms with Crippen molar-refractivity contribution in [2.75, 3.05) is 0 Å². The molecule has 0 radical (unpaired) electrons. The summed E-state index contributed by atoms with van der Waals surface area (Å²) in [5, 5.41) is -0.393. The number of carbonyl (C=O) groups is 1. The van der Waals surface area contributed by atoms with Crippen molar-refractivity contribution in [1.29, 1.82) is 0 Å². The maximum atomic E-state index is 11.3. The minimum absolute atomic E-state index is 0.0237. The summed E-state index contributed by atoms with van der Waals surface area (Å²) in [6.45, 7) is 0. The Kier molecular flexibility index (Phi) is 5.99. The van der Waals surface area contributed by atoms with Crippen LogP contribution < -0.4 is 4.74 Å². The molecule has 0 aliphatic carbocycles. The number of carbonyl (C=O) groups excluding carboxylic acids is 1. The van der Waals surface area contributed by atoms with Gasteiger partial charge in [-0.2, -0.15) is 0 Å². The molecule has 0 amide bonds. The van der Waals surface area contributed by atoms with Gasteiger partial charge in [-0.3, -0.25) is 0 Å². The lowest BCUT2D eigenvalue weighted by molar-refractivity contribution is -0.132. The van der Waals surface area contributed by atoms with E-state index in [1.165, 1.54) is 0 Å². The van der Waals surface area contributed by atoms with E-state index < -0.39 is 10.3 Å². The van der Waals surface area contributed by atoms with Crippen molar-refractivity contribution in [3.8, 4) is 5.75 Å². The number of halogens is 7. The third-order valence-electron chi connectivity index (χ3n) is 1.55.